The van der Waals surface area contributed by atoms with E-state index in [9.17, 15) is 9.59 Å². The van der Waals surface area contributed by atoms with Gasteiger partial charge in [0.2, 0.25) is 5.91 Å². The molecule has 2 heterocycles. The molecule has 1 fully saturated rings. The first-order chi connectivity index (χ1) is 14.4. The highest BCUT2D eigenvalue weighted by molar-refractivity contribution is 7.99. The number of thioether (sulfide) groups is 1. The highest BCUT2D eigenvalue weighted by Gasteiger charge is 2.26. The second-order valence-electron chi connectivity index (χ2n) is 7.37. The zero-order valence-electron chi connectivity index (χ0n) is 16.7. The number of carbonyl (C=O) groups is 1. The molecule has 0 radical (unpaired) electrons. The zero-order chi connectivity index (χ0) is 21.3. The molecule has 2 aromatic carbocycles. The van der Waals surface area contributed by atoms with Gasteiger partial charge in [0.05, 0.1) is 34.6 Å². The summed E-state index contributed by atoms with van der Waals surface area (Å²) in [4.78, 5) is 32.5. The minimum absolute atomic E-state index is 0.00654. The number of ether oxygens (including phenoxy) is 1. The minimum Gasteiger partial charge on any atom is -0.372 e. The van der Waals surface area contributed by atoms with Gasteiger partial charge < -0.3 is 9.64 Å². The van der Waals surface area contributed by atoms with Crippen LogP contribution in [0.4, 0.5) is 0 Å². The number of aromatic nitrogens is 2. The smallest absolute Gasteiger partial charge is 0.266 e. The van der Waals surface area contributed by atoms with Crippen LogP contribution in [0.25, 0.3) is 16.6 Å². The van der Waals surface area contributed by atoms with Gasteiger partial charge in [0.1, 0.15) is 0 Å². The van der Waals surface area contributed by atoms with Crippen LogP contribution in [0.15, 0.2) is 58.5 Å². The standard InChI is InChI=1S/C22H22ClN3O3S/c1-14-11-25(12-15(2)29-14)20(27)13-30-22-24-19-6-4-3-5-18(19)21(28)26(22)17-9-7-16(23)8-10-17/h3-10,14-15H,11-13H2,1-2H3. The lowest BCUT2D eigenvalue weighted by Gasteiger charge is -2.35. The quantitative estimate of drug-likeness (QED) is 0.453. The summed E-state index contributed by atoms with van der Waals surface area (Å²) >= 11 is 7.28. The fourth-order valence-corrected chi connectivity index (χ4v) is 4.67. The Hall–Kier alpha value is -2.35. The molecule has 0 aliphatic carbocycles. The first kappa shape index (κ1) is 20.9. The first-order valence-electron chi connectivity index (χ1n) is 9.76. The summed E-state index contributed by atoms with van der Waals surface area (Å²) in [6.45, 7) is 5.07. The van der Waals surface area contributed by atoms with Crippen molar-refractivity contribution in [3.05, 3.63) is 63.9 Å². The van der Waals surface area contributed by atoms with Gasteiger partial charge in [-0.05, 0) is 50.2 Å². The van der Waals surface area contributed by atoms with E-state index in [1.54, 1.807) is 41.0 Å². The van der Waals surface area contributed by atoms with E-state index in [-0.39, 0.29) is 29.4 Å². The fraction of sp³-hybridized carbons (Fsp3) is 0.318. The van der Waals surface area contributed by atoms with Gasteiger partial charge in [0.15, 0.2) is 5.16 Å². The molecule has 1 saturated heterocycles. The molecule has 1 aliphatic rings. The predicted molar refractivity (Wildman–Crippen MR) is 120 cm³/mol. The molecule has 4 rings (SSSR count). The summed E-state index contributed by atoms with van der Waals surface area (Å²) in [7, 11) is 0. The third-order valence-electron chi connectivity index (χ3n) is 4.93. The van der Waals surface area contributed by atoms with Gasteiger partial charge in [0.25, 0.3) is 5.56 Å². The summed E-state index contributed by atoms with van der Waals surface area (Å²) in [5.41, 5.74) is 1.09. The van der Waals surface area contributed by atoms with E-state index in [1.165, 1.54) is 11.8 Å². The van der Waals surface area contributed by atoms with Gasteiger partial charge >= 0.3 is 0 Å². The lowest BCUT2D eigenvalue weighted by molar-refractivity contribution is -0.140. The molecule has 156 valence electrons. The van der Waals surface area contributed by atoms with Crippen molar-refractivity contribution < 1.29 is 9.53 Å². The Morgan fingerprint density at radius 2 is 1.80 bits per heavy atom. The van der Waals surface area contributed by atoms with Crippen LogP contribution in [0.5, 0.6) is 0 Å². The first-order valence-corrected chi connectivity index (χ1v) is 11.1. The van der Waals surface area contributed by atoms with Crippen LogP contribution in [-0.2, 0) is 9.53 Å². The topological polar surface area (TPSA) is 64.4 Å². The molecule has 6 nitrogen and oxygen atoms in total. The molecule has 30 heavy (non-hydrogen) atoms. The van der Waals surface area contributed by atoms with E-state index in [0.29, 0.717) is 39.9 Å². The normalized spacial score (nSPS) is 19.2. The number of halogens is 1. The number of benzene rings is 2. The number of rotatable bonds is 4. The molecule has 2 unspecified atom stereocenters. The summed E-state index contributed by atoms with van der Waals surface area (Å²) < 4.78 is 7.25. The lowest BCUT2D eigenvalue weighted by atomic mass is 10.2. The van der Waals surface area contributed by atoms with E-state index in [2.05, 4.69) is 4.98 Å². The minimum atomic E-state index is -0.175. The molecular weight excluding hydrogens is 422 g/mol. The number of carbonyl (C=O) groups excluding carboxylic acids is 1. The van der Waals surface area contributed by atoms with Crippen LogP contribution >= 0.6 is 23.4 Å². The summed E-state index contributed by atoms with van der Waals surface area (Å²) in [5.74, 6) is 0.199. The Balaban J connectivity index is 1.67. The average molecular weight is 444 g/mol. The van der Waals surface area contributed by atoms with E-state index in [4.69, 9.17) is 16.3 Å². The zero-order valence-corrected chi connectivity index (χ0v) is 18.3. The van der Waals surface area contributed by atoms with E-state index < -0.39 is 0 Å². The molecular formula is C22H22ClN3O3S. The molecule has 0 N–H and O–H groups in total. The van der Waals surface area contributed by atoms with Gasteiger partial charge in [-0.1, -0.05) is 35.5 Å². The van der Waals surface area contributed by atoms with Crippen molar-refractivity contribution >= 4 is 40.2 Å². The SMILES string of the molecule is CC1CN(C(=O)CSc2nc3ccccc3c(=O)n2-c2ccc(Cl)cc2)CC(C)O1. The van der Waals surface area contributed by atoms with E-state index in [1.807, 2.05) is 30.9 Å². The Kier molecular flexibility index (Phi) is 6.13. The molecule has 1 aliphatic heterocycles. The number of fused-ring (bicyclic) bond motifs is 1. The Morgan fingerprint density at radius 1 is 1.13 bits per heavy atom. The third kappa shape index (κ3) is 4.38. The van der Waals surface area contributed by atoms with Crippen LogP contribution in [-0.4, -0.2) is 51.4 Å². The molecule has 3 aromatic rings. The fourth-order valence-electron chi connectivity index (χ4n) is 3.63. The number of amides is 1. The molecule has 0 spiro atoms. The van der Waals surface area contributed by atoms with E-state index >= 15 is 0 Å². The van der Waals surface area contributed by atoms with E-state index in [0.717, 1.165) is 0 Å². The molecule has 0 saturated carbocycles. The third-order valence-corrected chi connectivity index (χ3v) is 6.10. The highest BCUT2D eigenvalue weighted by atomic mass is 35.5. The van der Waals surface area contributed by atoms with Crippen molar-refractivity contribution in [2.75, 3.05) is 18.8 Å². The van der Waals surface area contributed by atoms with Gasteiger partial charge in [-0.3, -0.25) is 14.2 Å². The summed E-state index contributed by atoms with van der Waals surface area (Å²) in [6.07, 6.45) is 0.0162. The average Bonchev–Trinajstić information content (AvgIpc) is 2.72. The van der Waals surface area contributed by atoms with Crippen LogP contribution < -0.4 is 5.56 Å². The molecule has 1 amide bonds. The lowest BCUT2D eigenvalue weighted by Crippen LogP contribution is -2.48. The van der Waals surface area contributed by atoms with Crippen molar-refractivity contribution in [3.63, 3.8) is 0 Å². The van der Waals surface area contributed by atoms with Gasteiger partial charge in [0, 0.05) is 18.1 Å². The van der Waals surface area contributed by atoms with Crippen molar-refractivity contribution in [2.24, 2.45) is 0 Å². The Labute approximate surface area is 183 Å². The Morgan fingerprint density at radius 3 is 2.50 bits per heavy atom. The largest absolute Gasteiger partial charge is 0.372 e. The number of hydrogen-bond donors (Lipinski definition) is 0. The van der Waals surface area contributed by atoms with Crippen molar-refractivity contribution in [1.29, 1.82) is 0 Å². The van der Waals surface area contributed by atoms with Crippen molar-refractivity contribution in [1.82, 2.24) is 14.5 Å². The maximum atomic E-state index is 13.2. The number of nitrogens with zero attached hydrogens (tertiary/aromatic N) is 3. The van der Waals surface area contributed by atoms with Gasteiger partial charge in [-0.15, -0.1) is 0 Å². The Bertz CT molecular complexity index is 1120. The van der Waals surface area contributed by atoms with Crippen LogP contribution in [0.3, 0.4) is 0 Å². The van der Waals surface area contributed by atoms with Crippen molar-refractivity contribution in [3.8, 4) is 5.69 Å². The van der Waals surface area contributed by atoms with Crippen LogP contribution in [0.2, 0.25) is 5.02 Å². The monoisotopic (exact) mass is 443 g/mol. The maximum absolute atomic E-state index is 13.2. The molecule has 1 aromatic heterocycles. The molecule has 0 bridgehead atoms. The van der Waals surface area contributed by atoms with Crippen LogP contribution in [0, 0.1) is 0 Å². The second kappa shape index (κ2) is 8.79. The van der Waals surface area contributed by atoms with Gasteiger partial charge in [-0.2, -0.15) is 0 Å². The summed E-state index contributed by atoms with van der Waals surface area (Å²) in [5, 5.41) is 1.59. The number of para-hydroxylation sites is 1. The maximum Gasteiger partial charge on any atom is 0.266 e. The summed E-state index contributed by atoms with van der Waals surface area (Å²) in [6, 6.07) is 14.2. The second-order valence-corrected chi connectivity index (χ2v) is 8.75. The number of hydrogen-bond acceptors (Lipinski definition) is 5. The van der Waals surface area contributed by atoms with Crippen molar-refractivity contribution in [2.45, 2.75) is 31.2 Å². The molecule has 8 heteroatoms. The van der Waals surface area contributed by atoms with Gasteiger partial charge in [-0.25, -0.2) is 4.98 Å². The predicted octanol–water partition coefficient (Wildman–Crippen LogP) is 3.77. The number of morpholine rings is 1. The molecule has 2 atom stereocenters. The van der Waals surface area contributed by atoms with Crippen LogP contribution in [0.1, 0.15) is 13.8 Å². The highest BCUT2D eigenvalue weighted by Crippen LogP contribution is 2.23.